The molecule has 2 unspecified atom stereocenters. The number of carbonyl (C=O) groups excluding carboxylic acids is 2. The summed E-state index contributed by atoms with van der Waals surface area (Å²) in [6, 6.07) is 15.4. The molecule has 0 spiro atoms. The Kier molecular flexibility index (Phi) is 9.25. The molecule has 3 N–H and O–H groups in total. The molecule has 0 radical (unpaired) electrons. The number of amides is 2. The lowest BCUT2D eigenvalue weighted by molar-refractivity contribution is -0.142. The number of hydrogen-bond donors (Lipinski definition) is 3. The van der Waals surface area contributed by atoms with Gasteiger partial charge in [-0.1, -0.05) is 55.5 Å². The van der Waals surface area contributed by atoms with Crippen molar-refractivity contribution >= 4 is 18.0 Å². The van der Waals surface area contributed by atoms with Crippen LogP contribution in [0.2, 0.25) is 0 Å². The summed E-state index contributed by atoms with van der Waals surface area (Å²) in [4.78, 5) is 37.8. The van der Waals surface area contributed by atoms with Crippen LogP contribution in [0.5, 0.6) is 0 Å². The van der Waals surface area contributed by atoms with Crippen LogP contribution >= 0.6 is 0 Å². The summed E-state index contributed by atoms with van der Waals surface area (Å²) in [5.41, 5.74) is 4.67. The Labute approximate surface area is 206 Å². The lowest BCUT2D eigenvalue weighted by atomic mass is 9.98. The lowest BCUT2D eigenvalue weighted by Gasteiger charge is -2.18. The van der Waals surface area contributed by atoms with Crippen molar-refractivity contribution in [3.8, 4) is 11.1 Å². The normalized spacial score (nSPS) is 14.1. The van der Waals surface area contributed by atoms with Crippen molar-refractivity contribution in [2.45, 2.75) is 38.1 Å². The minimum absolute atomic E-state index is 0.00504. The lowest BCUT2D eigenvalue weighted by Crippen LogP contribution is -2.43. The Morgan fingerprint density at radius 1 is 1.00 bits per heavy atom. The number of benzene rings is 2. The van der Waals surface area contributed by atoms with Gasteiger partial charge in [0.2, 0.25) is 5.91 Å². The van der Waals surface area contributed by atoms with Crippen molar-refractivity contribution in [3.63, 3.8) is 0 Å². The van der Waals surface area contributed by atoms with Crippen LogP contribution in [-0.4, -0.2) is 67.8 Å². The highest BCUT2D eigenvalue weighted by molar-refractivity contribution is 5.83. The molecule has 1 aliphatic carbocycles. The van der Waals surface area contributed by atoms with Gasteiger partial charge in [-0.25, -0.2) is 9.59 Å². The molecule has 1 aliphatic rings. The molecule has 0 saturated heterocycles. The number of nitrogens with one attached hydrogen (secondary N) is 2. The number of alkyl carbamates (subject to hydrolysis) is 1. The molecule has 188 valence electrons. The maximum Gasteiger partial charge on any atom is 0.407 e. The van der Waals surface area contributed by atoms with Crippen LogP contribution in [0.15, 0.2) is 48.5 Å². The fraction of sp³-hybridized carbons (Fsp3) is 0.444. The third-order valence-corrected chi connectivity index (χ3v) is 6.28. The van der Waals surface area contributed by atoms with E-state index in [9.17, 15) is 19.5 Å². The first kappa shape index (κ1) is 26.2. The number of nitrogens with zero attached hydrogens (tertiary/aromatic N) is 1. The van der Waals surface area contributed by atoms with E-state index in [0.717, 1.165) is 11.1 Å². The van der Waals surface area contributed by atoms with Crippen LogP contribution in [0.3, 0.4) is 0 Å². The molecule has 0 bridgehead atoms. The number of carboxylic acid groups (broad SMARTS) is 1. The molecule has 8 nitrogen and oxygen atoms in total. The summed E-state index contributed by atoms with van der Waals surface area (Å²) in [6.07, 6.45) is 0.620. The molecular formula is C27H35N3O5. The van der Waals surface area contributed by atoms with Gasteiger partial charge < -0.3 is 25.4 Å². The largest absolute Gasteiger partial charge is 0.480 e. The summed E-state index contributed by atoms with van der Waals surface area (Å²) in [6.45, 7) is 3.08. The monoisotopic (exact) mass is 481 g/mol. The van der Waals surface area contributed by atoms with Gasteiger partial charge in [-0.05, 0) is 55.1 Å². The summed E-state index contributed by atoms with van der Waals surface area (Å²) < 4.78 is 5.53. The van der Waals surface area contributed by atoms with Crippen molar-refractivity contribution < 1.29 is 24.2 Å². The fourth-order valence-corrected chi connectivity index (χ4v) is 4.39. The molecule has 0 fully saturated rings. The molecule has 35 heavy (non-hydrogen) atoms. The van der Waals surface area contributed by atoms with Gasteiger partial charge in [0.1, 0.15) is 12.6 Å². The standard InChI is InChI=1S/C27H35N3O5/c1-18(16-25(31)29-24(26(32)33)13-15-30(2)3)12-14-28-27(34)35-17-23-21-10-6-4-8-19(21)20-9-5-7-11-22(20)23/h4-11,18,23-24H,12-17H2,1-3H3,(H,28,34)(H,29,31)(H,32,33). The van der Waals surface area contributed by atoms with Crippen LogP contribution in [0.1, 0.15) is 43.2 Å². The third-order valence-electron chi connectivity index (χ3n) is 6.28. The Hall–Kier alpha value is -3.39. The van der Waals surface area contributed by atoms with Crippen LogP contribution in [0, 0.1) is 5.92 Å². The van der Waals surface area contributed by atoms with Crippen LogP contribution in [0.25, 0.3) is 11.1 Å². The number of ether oxygens (including phenoxy) is 1. The highest BCUT2D eigenvalue weighted by atomic mass is 16.5. The average molecular weight is 482 g/mol. The Balaban J connectivity index is 1.40. The highest BCUT2D eigenvalue weighted by Gasteiger charge is 2.29. The van der Waals surface area contributed by atoms with Gasteiger partial charge in [-0.3, -0.25) is 4.79 Å². The zero-order valence-electron chi connectivity index (χ0n) is 20.6. The van der Waals surface area contributed by atoms with E-state index in [1.165, 1.54) is 11.1 Å². The highest BCUT2D eigenvalue weighted by Crippen LogP contribution is 2.44. The SMILES string of the molecule is CC(CCNC(=O)OCC1c2ccccc2-c2ccccc21)CC(=O)NC(CCN(C)C)C(=O)O. The molecular weight excluding hydrogens is 446 g/mol. The predicted molar refractivity (Wildman–Crippen MR) is 134 cm³/mol. The molecule has 0 saturated carbocycles. The van der Waals surface area contributed by atoms with Crippen LogP contribution in [0.4, 0.5) is 4.79 Å². The second kappa shape index (κ2) is 12.4. The number of fused-ring (bicyclic) bond motifs is 3. The van der Waals surface area contributed by atoms with Crippen molar-refractivity contribution in [3.05, 3.63) is 59.7 Å². The van der Waals surface area contributed by atoms with Gasteiger partial charge >= 0.3 is 12.1 Å². The Morgan fingerprint density at radius 2 is 1.60 bits per heavy atom. The molecule has 2 aromatic rings. The first-order chi connectivity index (χ1) is 16.8. The zero-order valence-corrected chi connectivity index (χ0v) is 20.6. The van der Waals surface area contributed by atoms with Gasteiger partial charge in [0.25, 0.3) is 0 Å². The number of aliphatic carboxylic acids is 1. The first-order valence-corrected chi connectivity index (χ1v) is 12.0. The van der Waals surface area contributed by atoms with Crippen molar-refractivity contribution in [1.82, 2.24) is 15.5 Å². The van der Waals surface area contributed by atoms with Crippen molar-refractivity contribution in [2.24, 2.45) is 5.92 Å². The number of carbonyl (C=O) groups is 3. The quantitative estimate of drug-likeness (QED) is 0.429. The van der Waals surface area contributed by atoms with Gasteiger partial charge in [-0.15, -0.1) is 0 Å². The van der Waals surface area contributed by atoms with Gasteiger partial charge in [0.05, 0.1) is 0 Å². The fourth-order valence-electron chi connectivity index (χ4n) is 4.39. The van der Waals surface area contributed by atoms with E-state index in [1.807, 2.05) is 50.2 Å². The molecule has 0 aliphatic heterocycles. The summed E-state index contributed by atoms with van der Waals surface area (Å²) >= 11 is 0. The summed E-state index contributed by atoms with van der Waals surface area (Å²) in [5.74, 6) is -1.35. The smallest absolute Gasteiger partial charge is 0.407 e. The Bertz CT molecular complexity index is 993. The van der Waals surface area contributed by atoms with Crippen molar-refractivity contribution in [2.75, 3.05) is 33.8 Å². The number of rotatable bonds is 12. The predicted octanol–water partition coefficient (Wildman–Crippen LogP) is 3.46. The van der Waals surface area contributed by atoms with Crippen LogP contribution in [-0.2, 0) is 14.3 Å². The maximum absolute atomic E-state index is 12.3. The van der Waals surface area contributed by atoms with Crippen molar-refractivity contribution in [1.29, 1.82) is 0 Å². The molecule has 8 heteroatoms. The molecule has 0 heterocycles. The van der Waals surface area contributed by atoms with E-state index in [1.54, 1.807) is 0 Å². The van der Waals surface area contributed by atoms with E-state index in [0.29, 0.717) is 25.9 Å². The van der Waals surface area contributed by atoms with E-state index in [-0.39, 0.29) is 30.8 Å². The van der Waals surface area contributed by atoms with E-state index in [2.05, 4.69) is 34.9 Å². The average Bonchev–Trinajstić information content (AvgIpc) is 3.13. The summed E-state index contributed by atoms with van der Waals surface area (Å²) in [5, 5.41) is 14.7. The van der Waals surface area contributed by atoms with Gasteiger partial charge in [0, 0.05) is 25.4 Å². The second-order valence-electron chi connectivity index (χ2n) is 9.40. The van der Waals surface area contributed by atoms with Gasteiger partial charge in [-0.2, -0.15) is 0 Å². The van der Waals surface area contributed by atoms with E-state index < -0.39 is 18.1 Å². The molecule has 3 rings (SSSR count). The Morgan fingerprint density at radius 3 is 2.17 bits per heavy atom. The zero-order chi connectivity index (χ0) is 25.4. The third kappa shape index (κ3) is 7.29. The maximum atomic E-state index is 12.3. The molecule has 0 aromatic heterocycles. The summed E-state index contributed by atoms with van der Waals surface area (Å²) in [7, 11) is 3.71. The minimum atomic E-state index is -1.04. The van der Waals surface area contributed by atoms with E-state index in [4.69, 9.17) is 4.74 Å². The second-order valence-corrected chi connectivity index (χ2v) is 9.40. The van der Waals surface area contributed by atoms with E-state index >= 15 is 0 Å². The number of hydrogen-bond acceptors (Lipinski definition) is 5. The van der Waals surface area contributed by atoms with Gasteiger partial charge in [0.15, 0.2) is 0 Å². The minimum Gasteiger partial charge on any atom is -0.480 e. The molecule has 2 aromatic carbocycles. The molecule has 2 atom stereocenters. The molecule has 2 amide bonds. The first-order valence-electron chi connectivity index (χ1n) is 12.0. The topological polar surface area (TPSA) is 108 Å². The van der Waals surface area contributed by atoms with Crippen LogP contribution < -0.4 is 10.6 Å². The number of carboxylic acids is 1.